The molecule has 0 saturated heterocycles. The summed E-state index contributed by atoms with van der Waals surface area (Å²) in [7, 11) is 0. The summed E-state index contributed by atoms with van der Waals surface area (Å²) in [5.41, 5.74) is 7.12. The molecule has 2 amide bonds. The molecule has 3 aromatic rings. The molecule has 0 fully saturated rings. The summed E-state index contributed by atoms with van der Waals surface area (Å²) >= 11 is 1.44. The van der Waals surface area contributed by atoms with E-state index in [9.17, 15) is 9.59 Å². The molecular formula is C25H25N3O2S. The number of nitrogens with one attached hydrogen (secondary N) is 1. The van der Waals surface area contributed by atoms with E-state index in [1.807, 2.05) is 23.6 Å². The predicted octanol–water partition coefficient (Wildman–Crippen LogP) is 4.77. The van der Waals surface area contributed by atoms with E-state index >= 15 is 0 Å². The molecule has 5 rings (SSSR count). The van der Waals surface area contributed by atoms with Gasteiger partial charge >= 0.3 is 0 Å². The van der Waals surface area contributed by atoms with Crippen molar-refractivity contribution in [2.45, 2.75) is 45.1 Å². The minimum Gasteiger partial charge on any atom is -0.335 e. The first-order valence-corrected chi connectivity index (χ1v) is 11.7. The molecule has 2 heterocycles. The Hall–Kier alpha value is -2.99. The summed E-state index contributed by atoms with van der Waals surface area (Å²) in [4.78, 5) is 31.5. The van der Waals surface area contributed by atoms with Gasteiger partial charge in [-0.25, -0.2) is 4.98 Å². The lowest BCUT2D eigenvalue weighted by Gasteiger charge is -2.36. The van der Waals surface area contributed by atoms with Crippen molar-refractivity contribution in [2.24, 2.45) is 0 Å². The van der Waals surface area contributed by atoms with Crippen molar-refractivity contribution >= 4 is 28.3 Å². The van der Waals surface area contributed by atoms with Gasteiger partial charge in [0.15, 0.2) is 5.13 Å². The van der Waals surface area contributed by atoms with Crippen molar-refractivity contribution in [1.82, 2.24) is 9.88 Å². The Bertz CT molecular complexity index is 1150. The maximum atomic E-state index is 12.9. The number of carbonyl (C=O) groups excluding carboxylic acids is 2. The molecule has 1 unspecified atom stereocenters. The second-order valence-electron chi connectivity index (χ2n) is 8.30. The average Bonchev–Trinajstić information content (AvgIpc) is 3.42. The Labute approximate surface area is 186 Å². The van der Waals surface area contributed by atoms with E-state index in [1.54, 1.807) is 11.8 Å². The number of amides is 2. The molecule has 1 aromatic heterocycles. The Morgan fingerprint density at radius 3 is 2.81 bits per heavy atom. The molecule has 5 nitrogen and oxygen atoms in total. The Kier molecular flexibility index (Phi) is 5.32. The number of fused-ring (bicyclic) bond motifs is 2. The van der Waals surface area contributed by atoms with Gasteiger partial charge < -0.3 is 10.2 Å². The minimum absolute atomic E-state index is 0.000414. The van der Waals surface area contributed by atoms with Crippen LogP contribution >= 0.6 is 11.3 Å². The van der Waals surface area contributed by atoms with Crippen molar-refractivity contribution in [3.05, 3.63) is 70.1 Å². The highest BCUT2D eigenvalue weighted by molar-refractivity contribution is 7.14. The SMILES string of the molecule is CC(=O)N1CCc2ccccc2C1CC(=O)Nc1nc(-c2ccc3c(c2)CCC3)cs1. The summed E-state index contributed by atoms with van der Waals surface area (Å²) < 4.78 is 0. The molecule has 2 aromatic carbocycles. The maximum Gasteiger partial charge on any atom is 0.228 e. The highest BCUT2D eigenvalue weighted by Gasteiger charge is 2.30. The fourth-order valence-electron chi connectivity index (χ4n) is 4.79. The minimum atomic E-state index is -0.237. The Morgan fingerprint density at radius 1 is 1.10 bits per heavy atom. The van der Waals surface area contributed by atoms with Gasteiger partial charge in [0.1, 0.15) is 0 Å². The van der Waals surface area contributed by atoms with Crippen LogP contribution in [0.1, 0.15) is 48.1 Å². The maximum absolute atomic E-state index is 12.9. The van der Waals surface area contributed by atoms with Crippen molar-refractivity contribution in [1.29, 1.82) is 0 Å². The van der Waals surface area contributed by atoms with E-state index in [1.165, 1.54) is 34.4 Å². The van der Waals surface area contributed by atoms with Gasteiger partial charge in [-0.1, -0.05) is 36.4 Å². The predicted molar refractivity (Wildman–Crippen MR) is 123 cm³/mol. The van der Waals surface area contributed by atoms with Gasteiger partial charge in [-0.3, -0.25) is 9.59 Å². The van der Waals surface area contributed by atoms with Gasteiger partial charge in [-0.05, 0) is 54.0 Å². The topological polar surface area (TPSA) is 62.3 Å². The molecule has 1 atom stereocenters. The van der Waals surface area contributed by atoms with Crippen molar-refractivity contribution in [3.63, 3.8) is 0 Å². The number of aromatic nitrogens is 1. The third-order valence-corrected chi connectivity index (χ3v) is 7.10. The van der Waals surface area contributed by atoms with Crippen LogP contribution in [0, 0.1) is 0 Å². The van der Waals surface area contributed by atoms with E-state index in [4.69, 9.17) is 0 Å². The first-order chi connectivity index (χ1) is 15.1. The molecule has 2 aliphatic rings. The van der Waals surface area contributed by atoms with Gasteiger partial charge in [0.05, 0.1) is 18.2 Å². The van der Waals surface area contributed by atoms with Crippen LogP contribution in [0.2, 0.25) is 0 Å². The van der Waals surface area contributed by atoms with Crippen LogP contribution in [0.4, 0.5) is 5.13 Å². The van der Waals surface area contributed by atoms with Crippen LogP contribution < -0.4 is 5.32 Å². The van der Waals surface area contributed by atoms with E-state index in [-0.39, 0.29) is 24.3 Å². The van der Waals surface area contributed by atoms with Crippen LogP contribution in [0.15, 0.2) is 47.8 Å². The Balaban J connectivity index is 1.31. The zero-order chi connectivity index (χ0) is 21.4. The number of aryl methyl sites for hydroxylation is 2. The molecule has 1 N–H and O–H groups in total. The van der Waals surface area contributed by atoms with Gasteiger partial charge in [-0.15, -0.1) is 11.3 Å². The number of hydrogen-bond donors (Lipinski definition) is 1. The average molecular weight is 432 g/mol. The zero-order valence-electron chi connectivity index (χ0n) is 17.6. The standard InChI is InChI=1S/C25H25N3O2S/c1-16(29)28-12-11-18-5-2-3-8-21(18)23(28)14-24(30)27-25-26-22(15-31-25)20-10-9-17-6-4-7-19(17)13-20/h2-3,5,8-10,13,15,23H,4,6-7,11-12,14H2,1H3,(H,26,27,30). The van der Waals surface area contributed by atoms with Crippen molar-refractivity contribution in [3.8, 4) is 11.3 Å². The molecular weight excluding hydrogens is 406 g/mol. The van der Waals surface area contributed by atoms with E-state index < -0.39 is 0 Å². The van der Waals surface area contributed by atoms with Gasteiger partial charge in [0, 0.05) is 24.4 Å². The molecule has 0 saturated carbocycles. The first kappa shape index (κ1) is 19.9. The van der Waals surface area contributed by atoms with Crippen LogP contribution in [0.3, 0.4) is 0 Å². The zero-order valence-corrected chi connectivity index (χ0v) is 18.4. The van der Waals surface area contributed by atoms with E-state index in [0.29, 0.717) is 11.7 Å². The van der Waals surface area contributed by atoms with Crippen molar-refractivity contribution < 1.29 is 9.59 Å². The van der Waals surface area contributed by atoms with Gasteiger partial charge in [-0.2, -0.15) is 0 Å². The van der Waals surface area contributed by atoms with Gasteiger partial charge in [0.25, 0.3) is 0 Å². The van der Waals surface area contributed by atoms with Crippen molar-refractivity contribution in [2.75, 3.05) is 11.9 Å². The quantitative estimate of drug-likeness (QED) is 0.647. The third kappa shape index (κ3) is 4.00. The van der Waals surface area contributed by atoms with Crippen LogP contribution in [-0.4, -0.2) is 28.2 Å². The molecule has 158 valence electrons. The number of nitrogens with zero attached hydrogens (tertiary/aromatic N) is 2. The lowest BCUT2D eigenvalue weighted by atomic mass is 9.90. The van der Waals surface area contributed by atoms with E-state index in [0.717, 1.165) is 36.1 Å². The lowest BCUT2D eigenvalue weighted by molar-refractivity contribution is -0.132. The molecule has 6 heteroatoms. The molecule has 0 spiro atoms. The summed E-state index contributed by atoms with van der Waals surface area (Å²) in [6.07, 6.45) is 4.57. The third-order valence-electron chi connectivity index (χ3n) is 6.34. The molecule has 1 aliphatic carbocycles. The van der Waals surface area contributed by atoms with Gasteiger partial charge in [0.2, 0.25) is 11.8 Å². The highest BCUT2D eigenvalue weighted by atomic mass is 32.1. The monoisotopic (exact) mass is 431 g/mol. The molecule has 0 bridgehead atoms. The normalized spacial score (nSPS) is 17.2. The Morgan fingerprint density at radius 2 is 1.94 bits per heavy atom. The summed E-state index contributed by atoms with van der Waals surface area (Å²) in [5.74, 6) is -0.122. The summed E-state index contributed by atoms with van der Waals surface area (Å²) in [6, 6.07) is 14.4. The fourth-order valence-corrected chi connectivity index (χ4v) is 5.53. The molecule has 1 aliphatic heterocycles. The molecule has 31 heavy (non-hydrogen) atoms. The summed E-state index contributed by atoms with van der Waals surface area (Å²) in [5, 5.41) is 5.54. The number of anilines is 1. The smallest absolute Gasteiger partial charge is 0.228 e. The number of carbonyl (C=O) groups is 2. The number of hydrogen-bond acceptors (Lipinski definition) is 4. The van der Waals surface area contributed by atoms with Crippen LogP contribution in [-0.2, 0) is 28.9 Å². The number of benzene rings is 2. The first-order valence-electron chi connectivity index (χ1n) is 10.8. The second kappa shape index (κ2) is 8.27. The van der Waals surface area contributed by atoms with E-state index in [2.05, 4.69) is 34.6 Å². The second-order valence-corrected chi connectivity index (χ2v) is 9.16. The summed E-state index contributed by atoms with van der Waals surface area (Å²) in [6.45, 7) is 2.21. The highest BCUT2D eigenvalue weighted by Crippen LogP contribution is 2.33. The van der Waals surface area contributed by atoms with Crippen LogP contribution in [0.5, 0.6) is 0 Å². The fraction of sp³-hybridized carbons (Fsp3) is 0.320. The van der Waals surface area contributed by atoms with Crippen LogP contribution in [0.25, 0.3) is 11.3 Å². The number of rotatable bonds is 4. The largest absolute Gasteiger partial charge is 0.335 e. The lowest BCUT2D eigenvalue weighted by Crippen LogP contribution is -2.40. The number of thiazole rings is 1. The molecule has 0 radical (unpaired) electrons.